The van der Waals surface area contributed by atoms with Gasteiger partial charge >= 0.3 is 12.3 Å². The van der Waals surface area contributed by atoms with Gasteiger partial charge in [0, 0.05) is 5.69 Å². The van der Waals surface area contributed by atoms with Gasteiger partial charge in [0.05, 0.1) is 5.56 Å². The van der Waals surface area contributed by atoms with E-state index in [0.717, 1.165) is 36.4 Å². The summed E-state index contributed by atoms with van der Waals surface area (Å²) in [4.78, 5) is 10.6. The molecule has 10 heteroatoms. The summed E-state index contributed by atoms with van der Waals surface area (Å²) >= 11 is 0. The molecule has 0 saturated carbocycles. The zero-order chi connectivity index (χ0) is 18.0. The number of benzene rings is 2. The fourth-order valence-electron chi connectivity index (χ4n) is 1.81. The highest BCUT2D eigenvalue weighted by Crippen LogP contribution is 2.25. The molecule has 2 N–H and O–H groups in total. The molecule has 0 fully saturated rings. The number of carboxylic acids is 1. The maximum Gasteiger partial charge on any atom is 0.573 e. The number of ether oxygens (including phenoxy) is 1. The third kappa shape index (κ3) is 4.38. The van der Waals surface area contributed by atoms with Crippen LogP contribution < -0.4 is 9.46 Å². The normalized spacial score (nSPS) is 11.8. The molecular formula is C14H10F3NO5S. The van der Waals surface area contributed by atoms with E-state index in [1.165, 1.54) is 12.1 Å². The Labute approximate surface area is 134 Å². The Bertz CT molecular complexity index is 847. The van der Waals surface area contributed by atoms with E-state index >= 15 is 0 Å². The standard InChI is InChI=1S/C14H10F3NO5S/c15-14(16,17)23-10-7-5-9(6-8-10)18-24(21,22)12-4-2-1-3-11(12)13(19)20/h1-8,18H,(H,19,20). The molecule has 0 atom stereocenters. The van der Waals surface area contributed by atoms with Gasteiger partial charge in [0.25, 0.3) is 10.0 Å². The Morgan fingerprint density at radius 3 is 2.17 bits per heavy atom. The number of sulfonamides is 1. The molecule has 2 aromatic carbocycles. The van der Waals surface area contributed by atoms with E-state index in [9.17, 15) is 26.4 Å². The molecule has 0 aromatic heterocycles. The second-order valence-corrected chi connectivity index (χ2v) is 6.13. The lowest BCUT2D eigenvalue weighted by atomic mass is 10.2. The van der Waals surface area contributed by atoms with Crippen LogP contribution in [0.2, 0.25) is 0 Å². The first-order valence-corrected chi connectivity index (χ1v) is 7.78. The second-order valence-electron chi connectivity index (χ2n) is 4.48. The maximum absolute atomic E-state index is 12.3. The Morgan fingerprint density at radius 1 is 1.04 bits per heavy atom. The summed E-state index contributed by atoms with van der Waals surface area (Å²) in [7, 11) is -4.23. The van der Waals surface area contributed by atoms with Crippen molar-refractivity contribution >= 4 is 21.7 Å². The number of hydrogen-bond acceptors (Lipinski definition) is 4. The monoisotopic (exact) mass is 361 g/mol. The maximum atomic E-state index is 12.3. The molecule has 6 nitrogen and oxygen atoms in total. The SMILES string of the molecule is O=C(O)c1ccccc1S(=O)(=O)Nc1ccc(OC(F)(F)F)cc1. The van der Waals surface area contributed by atoms with Crippen molar-refractivity contribution in [1.82, 2.24) is 0 Å². The van der Waals surface area contributed by atoms with E-state index < -0.39 is 38.6 Å². The van der Waals surface area contributed by atoms with Crippen LogP contribution in [0.4, 0.5) is 18.9 Å². The molecule has 2 aromatic rings. The van der Waals surface area contributed by atoms with Crippen LogP contribution >= 0.6 is 0 Å². The number of rotatable bonds is 5. The number of carbonyl (C=O) groups is 1. The summed E-state index contributed by atoms with van der Waals surface area (Å²) in [5.41, 5.74) is -0.480. The minimum absolute atomic E-state index is 0.0512. The van der Waals surface area contributed by atoms with Gasteiger partial charge in [0.2, 0.25) is 0 Å². The molecule has 128 valence electrons. The number of aromatic carboxylic acids is 1. The van der Waals surface area contributed by atoms with E-state index in [0.29, 0.717) is 0 Å². The average molecular weight is 361 g/mol. The van der Waals surface area contributed by atoms with Gasteiger partial charge in [-0.15, -0.1) is 13.2 Å². The van der Waals surface area contributed by atoms with Crippen molar-refractivity contribution in [2.45, 2.75) is 11.3 Å². The molecule has 24 heavy (non-hydrogen) atoms. The van der Waals surface area contributed by atoms with Crippen LogP contribution in [0.3, 0.4) is 0 Å². The largest absolute Gasteiger partial charge is 0.573 e. The molecule has 0 bridgehead atoms. The van der Waals surface area contributed by atoms with Crippen molar-refractivity contribution in [1.29, 1.82) is 0 Å². The molecule has 2 rings (SSSR count). The number of nitrogens with one attached hydrogen (secondary N) is 1. The molecule has 0 heterocycles. The zero-order valence-electron chi connectivity index (χ0n) is 11.7. The number of halogens is 3. The van der Waals surface area contributed by atoms with Gasteiger partial charge in [0.1, 0.15) is 10.6 Å². The van der Waals surface area contributed by atoms with Crippen LogP contribution in [0.25, 0.3) is 0 Å². The van der Waals surface area contributed by atoms with Crippen LogP contribution in [0.1, 0.15) is 10.4 Å². The van der Waals surface area contributed by atoms with Crippen LogP contribution in [-0.4, -0.2) is 25.9 Å². The first kappa shape index (κ1) is 17.6. The van der Waals surface area contributed by atoms with Crippen LogP contribution in [0, 0.1) is 0 Å². The highest BCUT2D eigenvalue weighted by Gasteiger charge is 2.31. The average Bonchev–Trinajstić information content (AvgIpc) is 2.47. The van der Waals surface area contributed by atoms with E-state index in [2.05, 4.69) is 9.46 Å². The Morgan fingerprint density at radius 2 is 1.62 bits per heavy atom. The molecule has 0 radical (unpaired) electrons. The fraction of sp³-hybridized carbons (Fsp3) is 0.0714. The lowest BCUT2D eigenvalue weighted by molar-refractivity contribution is -0.274. The van der Waals surface area contributed by atoms with Gasteiger partial charge in [-0.2, -0.15) is 0 Å². The Hall–Kier alpha value is -2.75. The minimum Gasteiger partial charge on any atom is -0.478 e. The lowest BCUT2D eigenvalue weighted by Crippen LogP contribution is -2.18. The number of hydrogen-bond donors (Lipinski definition) is 2. The predicted molar refractivity (Wildman–Crippen MR) is 77.3 cm³/mol. The van der Waals surface area contributed by atoms with E-state index in [1.54, 1.807) is 0 Å². The fourth-order valence-corrected chi connectivity index (χ4v) is 3.07. The summed E-state index contributed by atoms with van der Waals surface area (Å²) in [5.74, 6) is -1.94. The smallest absolute Gasteiger partial charge is 0.478 e. The Kier molecular flexibility index (Phi) is 4.69. The van der Waals surface area contributed by atoms with Gasteiger partial charge < -0.3 is 9.84 Å². The summed E-state index contributed by atoms with van der Waals surface area (Å²) in [6.07, 6.45) is -4.86. The second kappa shape index (κ2) is 6.40. The lowest BCUT2D eigenvalue weighted by Gasteiger charge is -2.12. The number of anilines is 1. The van der Waals surface area contributed by atoms with Gasteiger partial charge in [-0.1, -0.05) is 12.1 Å². The van der Waals surface area contributed by atoms with Crippen LogP contribution in [0.15, 0.2) is 53.4 Å². The summed E-state index contributed by atoms with van der Waals surface area (Å²) in [6, 6.07) is 8.91. The van der Waals surface area contributed by atoms with E-state index in [4.69, 9.17) is 5.11 Å². The topological polar surface area (TPSA) is 92.7 Å². The van der Waals surface area contributed by atoms with Crippen molar-refractivity contribution < 1.29 is 36.2 Å². The summed E-state index contributed by atoms with van der Waals surface area (Å²) in [5, 5.41) is 9.02. The van der Waals surface area contributed by atoms with Gasteiger partial charge in [-0.25, -0.2) is 13.2 Å². The first-order valence-electron chi connectivity index (χ1n) is 6.29. The number of carboxylic acid groups (broad SMARTS) is 1. The van der Waals surface area contributed by atoms with Crippen molar-refractivity contribution in [2.24, 2.45) is 0 Å². The van der Waals surface area contributed by atoms with Crippen molar-refractivity contribution in [3.05, 3.63) is 54.1 Å². The molecule has 0 spiro atoms. The van der Waals surface area contributed by atoms with Crippen LogP contribution in [0.5, 0.6) is 5.75 Å². The summed E-state index contributed by atoms with van der Waals surface area (Å²) < 4.78 is 66.5. The molecule has 0 unspecified atom stereocenters. The minimum atomic E-state index is -4.86. The number of alkyl halides is 3. The third-order valence-electron chi connectivity index (χ3n) is 2.75. The van der Waals surface area contributed by atoms with Crippen LogP contribution in [-0.2, 0) is 10.0 Å². The Balaban J connectivity index is 2.26. The van der Waals surface area contributed by atoms with E-state index in [-0.39, 0.29) is 5.69 Å². The molecule has 0 aliphatic carbocycles. The van der Waals surface area contributed by atoms with Crippen molar-refractivity contribution in [3.63, 3.8) is 0 Å². The van der Waals surface area contributed by atoms with E-state index in [1.807, 2.05) is 0 Å². The molecule has 0 aliphatic rings. The first-order chi connectivity index (χ1) is 11.1. The molecule has 0 amide bonds. The predicted octanol–water partition coefficient (Wildman–Crippen LogP) is 3.08. The highest BCUT2D eigenvalue weighted by molar-refractivity contribution is 7.92. The van der Waals surface area contributed by atoms with Gasteiger partial charge in [-0.05, 0) is 36.4 Å². The van der Waals surface area contributed by atoms with Gasteiger partial charge in [-0.3, -0.25) is 4.72 Å². The van der Waals surface area contributed by atoms with Gasteiger partial charge in [0.15, 0.2) is 0 Å². The summed E-state index contributed by atoms with van der Waals surface area (Å²) in [6.45, 7) is 0. The zero-order valence-corrected chi connectivity index (χ0v) is 12.6. The third-order valence-corrected chi connectivity index (χ3v) is 4.19. The molecular weight excluding hydrogens is 351 g/mol. The van der Waals surface area contributed by atoms with Crippen molar-refractivity contribution in [3.8, 4) is 5.75 Å². The van der Waals surface area contributed by atoms with Crippen molar-refractivity contribution in [2.75, 3.05) is 4.72 Å². The molecule has 0 saturated heterocycles. The molecule has 0 aliphatic heterocycles. The quantitative estimate of drug-likeness (QED) is 0.854. The highest BCUT2D eigenvalue weighted by atomic mass is 32.2.